The minimum Gasteiger partial charge on any atom is -0.489 e. The lowest BCUT2D eigenvalue weighted by molar-refractivity contribution is -0.00629. The zero-order chi connectivity index (χ0) is 28.8. The lowest BCUT2D eigenvalue weighted by atomic mass is 9.67. The van der Waals surface area contributed by atoms with Gasteiger partial charge >= 0.3 is 0 Å². The Balaban J connectivity index is 1.44. The minimum atomic E-state index is -2.83. The number of aryl methyl sites for hydroxylation is 1. The Labute approximate surface area is 242 Å². The van der Waals surface area contributed by atoms with Crippen molar-refractivity contribution in [2.24, 2.45) is 0 Å². The molecule has 1 fully saturated rings. The number of halogens is 4. The molecule has 0 bridgehead atoms. The van der Waals surface area contributed by atoms with Crippen LogP contribution in [0.3, 0.4) is 0 Å². The number of fused-ring (bicyclic) bond motifs is 1. The first kappa shape index (κ1) is 29.7. The van der Waals surface area contributed by atoms with E-state index in [2.05, 4.69) is 22.0 Å². The van der Waals surface area contributed by atoms with Crippen LogP contribution in [0.15, 0.2) is 66.7 Å². The molecule has 0 N–H and O–H groups in total. The number of likely N-dealkylation sites (tertiary alicyclic amines) is 1. The predicted octanol–water partition coefficient (Wildman–Crippen LogP) is 7.27. The van der Waals surface area contributed by atoms with Gasteiger partial charge in [0.25, 0.3) is 5.66 Å². The first-order valence-corrected chi connectivity index (χ1v) is 14.7. The molecule has 1 radical (unpaired) electrons. The Morgan fingerprint density at radius 1 is 0.951 bits per heavy atom. The number of rotatable bonds is 11. The van der Waals surface area contributed by atoms with E-state index in [1.165, 1.54) is 7.28 Å². The quantitative estimate of drug-likeness (QED) is 0.135. The number of hydrogen-bond donors (Lipinski definition) is 0. The van der Waals surface area contributed by atoms with E-state index in [0.717, 1.165) is 89.9 Å². The summed E-state index contributed by atoms with van der Waals surface area (Å²) in [5.74, 6) is 0.965. The van der Waals surface area contributed by atoms with Crippen molar-refractivity contribution in [3.05, 3.63) is 89.0 Å². The summed E-state index contributed by atoms with van der Waals surface area (Å²) < 4.78 is 58.5. The number of ether oxygens (including phenoxy) is 1. The summed E-state index contributed by atoms with van der Waals surface area (Å²) in [6.45, 7) is 2.17. The van der Waals surface area contributed by atoms with Crippen LogP contribution in [0.4, 0.5) is 17.7 Å². The fourth-order valence-corrected chi connectivity index (χ4v) is 5.89. The first-order valence-electron chi connectivity index (χ1n) is 14.1. The molecule has 1 aliphatic carbocycles. The van der Waals surface area contributed by atoms with Crippen molar-refractivity contribution in [3.63, 3.8) is 0 Å². The van der Waals surface area contributed by atoms with Crippen LogP contribution < -0.4 is 15.1 Å². The van der Waals surface area contributed by atoms with E-state index in [9.17, 15) is 17.7 Å². The number of alkyl halides is 3. The van der Waals surface area contributed by atoms with Crippen molar-refractivity contribution in [3.8, 4) is 11.5 Å². The van der Waals surface area contributed by atoms with Crippen LogP contribution in [0.5, 0.6) is 11.5 Å². The van der Waals surface area contributed by atoms with Crippen LogP contribution in [0.2, 0.25) is 6.32 Å². The van der Waals surface area contributed by atoms with E-state index >= 15 is 0 Å². The summed E-state index contributed by atoms with van der Waals surface area (Å²) >= 11 is 0. The highest BCUT2D eigenvalue weighted by Gasteiger charge is 2.25. The van der Waals surface area contributed by atoms with Crippen molar-refractivity contribution in [1.82, 2.24) is 4.90 Å². The third-order valence-corrected chi connectivity index (χ3v) is 8.00. The highest BCUT2D eigenvalue weighted by Crippen LogP contribution is 2.41. The Morgan fingerprint density at radius 3 is 2.39 bits per heavy atom. The predicted molar refractivity (Wildman–Crippen MR) is 161 cm³/mol. The average molecular weight is 582 g/mol. The molecular weight excluding hydrogens is 548 g/mol. The summed E-state index contributed by atoms with van der Waals surface area (Å²) in [5.41, 5.74) is 4.18. The Morgan fingerprint density at radius 2 is 1.68 bits per heavy atom. The maximum absolute atomic E-state index is 13.3. The van der Waals surface area contributed by atoms with Gasteiger partial charge in [0, 0.05) is 24.2 Å². The number of hydrogen-bond acceptors (Lipinski definition) is 3. The van der Waals surface area contributed by atoms with Gasteiger partial charge in [-0.1, -0.05) is 57.2 Å². The molecule has 0 amide bonds. The van der Waals surface area contributed by atoms with Crippen LogP contribution in [0.1, 0.15) is 47.9 Å². The van der Waals surface area contributed by atoms with Crippen LogP contribution in [0.25, 0.3) is 11.1 Å². The van der Waals surface area contributed by atoms with E-state index in [4.69, 9.17) is 4.74 Å². The maximum Gasteiger partial charge on any atom is 0.252 e. The van der Waals surface area contributed by atoms with Gasteiger partial charge in [0.05, 0.1) is 6.67 Å². The largest absolute Gasteiger partial charge is 0.489 e. The molecule has 9 heteroatoms. The Bertz CT molecular complexity index is 1350. The normalized spacial score (nSPS) is 17.7. The summed E-state index contributed by atoms with van der Waals surface area (Å²) in [6.07, 6.45) is 3.65. The summed E-state index contributed by atoms with van der Waals surface area (Å²) in [5, 5.41) is 0. The van der Waals surface area contributed by atoms with Gasteiger partial charge in [0.1, 0.15) is 11.9 Å². The van der Waals surface area contributed by atoms with E-state index in [1.807, 2.05) is 42.5 Å². The average Bonchev–Trinajstić information content (AvgIpc) is 3.33. The molecule has 2 aliphatic rings. The maximum atomic E-state index is 13.3. The first-order chi connectivity index (χ1) is 19.8. The van der Waals surface area contributed by atoms with Gasteiger partial charge in [0.2, 0.25) is 0 Å². The van der Waals surface area contributed by atoms with Crippen molar-refractivity contribution in [2.75, 3.05) is 26.3 Å². The molecule has 2 unspecified atom stereocenters. The smallest absolute Gasteiger partial charge is 0.252 e. The molecule has 1 aliphatic heterocycles. The molecule has 0 spiro atoms. The third kappa shape index (κ3) is 7.72. The van der Waals surface area contributed by atoms with Crippen molar-refractivity contribution < 1.29 is 27.4 Å². The van der Waals surface area contributed by atoms with E-state index in [-0.39, 0.29) is 24.8 Å². The topological polar surface area (TPSA) is 21.7 Å². The van der Waals surface area contributed by atoms with Gasteiger partial charge in [0.15, 0.2) is 13.0 Å². The number of benzene rings is 3. The Hall–Kier alpha value is -2.83. The molecule has 1 saturated heterocycles. The van der Waals surface area contributed by atoms with Gasteiger partial charge in [-0.25, -0.2) is 8.78 Å². The second-order valence-corrected chi connectivity index (χ2v) is 11.6. The summed E-state index contributed by atoms with van der Waals surface area (Å²) in [4.78, 5) is 6.27. The van der Waals surface area contributed by atoms with E-state index in [1.54, 1.807) is 21.4 Å². The molecule has 3 nitrogen and oxygen atoms in total. The van der Waals surface area contributed by atoms with Gasteiger partial charge in [-0.2, -0.15) is 0 Å². The standard InChI is InChI=1S/C32H34BF4NO2P/c34-16-2-17-38-18-15-28(20-38)39-26-11-7-23(8-12-26)31-29(4-1-3-24-19-27(40-37)13-14-30(24)31)22-5-9-25(10-6-22)33-21-32(35,36)41/h5-14,19,28H,1-4,15-18,20-21,41H2. The van der Waals surface area contributed by atoms with Gasteiger partial charge in [-0.3, -0.25) is 14.2 Å². The summed E-state index contributed by atoms with van der Waals surface area (Å²) in [7, 11) is 3.11. The van der Waals surface area contributed by atoms with Gasteiger partial charge < -0.3 is 4.74 Å². The number of allylic oxidation sites excluding steroid dienone is 1. The van der Waals surface area contributed by atoms with Crippen molar-refractivity contribution >= 4 is 33.1 Å². The number of nitrogens with zero attached hydrogens (tertiary/aromatic N) is 1. The molecule has 1 heterocycles. The zero-order valence-electron chi connectivity index (χ0n) is 22.9. The third-order valence-electron chi connectivity index (χ3n) is 7.76. The lowest BCUT2D eigenvalue weighted by Crippen LogP contribution is -2.26. The molecule has 0 aromatic heterocycles. The van der Waals surface area contributed by atoms with Crippen LogP contribution in [-0.4, -0.2) is 50.3 Å². The van der Waals surface area contributed by atoms with Crippen molar-refractivity contribution in [1.29, 1.82) is 0 Å². The molecule has 215 valence electrons. The highest BCUT2D eigenvalue weighted by molar-refractivity contribution is 7.18. The van der Waals surface area contributed by atoms with Crippen LogP contribution in [0, 0.1) is 0 Å². The molecule has 0 saturated carbocycles. The van der Waals surface area contributed by atoms with Crippen molar-refractivity contribution in [2.45, 2.75) is 50.2 Å². The van der Waals surface area contributed by atoms with Crippen LogP contribution >= 0.6 is 9.24 Å². The monoisotopic (exact) mass is 582 g/mol. The second-order valence-electron chi connectivity index (χ2n) is 10.8. The highest BCUT2D eigenvalue weighted by atomic mass is 31.0. The van der Waals surface area contributed by atoms with Crippen LogP contribution in [-0.2, 0) is 6.42 Å². The summed E-state index contributed by atoms with van der Waals surface area (Å²) in [6, 6.07) is 21.1. The fourth-order valence-electron chi connectivity index (χ4n) is 5.78. The van der Waals surface area contributed by atoms with E-state index in [0.29, 0.717) is 6.42 Å². The van der Waals surface area contributed by atoms with Gasteiger partial charge in [-0.15, -0.1) is 0 Å². The lowest BCUT2D eigenvalue weighted by Gasteiger charge is -2.19. The fraction of sp³-hybridized carbons (Fsp3) is 0.375. The minimum absolute atomic E-state index is 0.0783. The SMILES string of the molecule is FCCCN1CCC(Oc2ccc(C3=C(c4ccc([B]CC(F)(F)P)cc4)CCCc4cc(OF)ccc43)cc2)C1. The zero-order valence-corrected chi connectivity index (χ0v) is 24.1. The second kappa shape index (κ2) is 13.4. The molecule has 5 rings (SSSR count). The molecular formula is C32H34BF4NO2P. The van der Waals surface area contributed by atoms with E-state index < -0.39 is 5.66 Å². The molecule has 2 atom stereocenters. The molecule has 3 aromatic rings. The molecule has 41 heavy (non-hydrogen) atoms. The molecule has 3 aromatic carbocycles. The Kier molecular flexibility index (Phi) is 9.72. The van der Waals surface area contributed by atoms with Gasteiger partial charge in [-0.05, 0) is 96.1 Å².